The minimum Gasteiger partial charge on any atom is -0.377 e. The van der Waals surface area contributed by atoms with Crippen LogP contribution in [0, 0.1) is 0 Å². The molecule has 0 aliphatic carbocycles. The number of carbonyl (C=O) groups is 1. The van der Waals surface area contributed by atoms with Crippen molar-refractivity contribution in [3.63, 3.8) is 0 Å². The van der Waals surface area contributed by atoms with Crippen LogP contribution in [0.15, 0.2) is 16.9 Å². The van der Waals surface area contributed by atoms with Crippen LogP contribution in [-0.4, -0.2) is 52.6 Å². The van der Waals surface area contributed by atoms with Gasteiger partial charge < -0.3 is 19.1 Å². The third-order valence-corrected chi connectivity index (χ3v) is 4.51. The Hall–Kier alpha value is -2.42. The fourth-order valence-electron chi connectivity index (χ4n) is 3.28. The molecule has 24 heavy (non-hydrogen) atoms. The molecule has 2 aromatic rings. The van der Waals surface area contributed by atoms with Crippen molar-refractivity contribution >= 4 is 17.6 Å². The van der Waals surface area contributed by atoms with Crippen LogP contribution in [0.4, 0.5) is 11.7 Å². The van der Waals surface area contributed by atoms with Gasteiger partial charge in [-0.3, -0.25) is 9.48 Å². The number of hydrogen-bond acceptors (Lipinski definition) is 7. The fourth-order valence-corrected chi connectivity index (χ4v) is 3.28. The maximum Gasteiger partial charge on any atom is 0.324 e. The number of methoxy groups -OCH3 is 1. The van der Waals surface area contributed by atoms with Gasteiger partial charge in [0.05, 0.1) is 17.9 Å². The van der Waals surface area contributed by atoms with Gasteiger partial charge in [0.1, 0.15) is 6.61 Å². The Morgan fingerprint density at radius 1 is 1.42 bits per heavy atom. The highest BCUT2D eigenvalue weighted by atomic mass is 16.5. The van der Waals surface area contributed by atoms with Crippen molar-refractivity contribution in [2.24, 2.45) is 0 Å². The number of nitrogens with zero attached hydrogens (tertiary/aromatic N) is 6. The molecule has 128 valence electrons. The Labute approximate surface area is 139 Å². The van der Waals surface area contributed by atoms with Gasteiger partial charge in [0.25, 0.3) is 0 Å². The van der Waals surface area contributed by atoms with Crippen LogP contribution in [0.5, 0.6) is 0 Å². The topological polar surface area (TPSA) is 89.5 Å². The summed E-state index contributed by atoms with van der Waals surface area (Å²) >= 11 is 0. The molecule has 2 saturated heterocycles. The largest absolute Gasteiger partial charge is 0.377 e. The summed E-state index contributed by atoms with van der Waals surface area (Å²) in [4.78, 5) is 20.0. The molecule has 9 nitrogen and oxygen atoms in total. The van der Waals surface area contributed by atoms with E-state index in [0.29, 0.717) is 24.9 Å². The maximum absolute atomic E-state index is 11.8. The average Bonchev–Trinajstić information content (AvgIpc) is 3.34. The van der Waals surface area contributed by atoms with Crippen LogP contribution < -0.4 is 9.80 Å². The van der Waals surface area contributed by atoms with Gasteiger partial charge in [0.15, 0.2) is 5.82 Å². The van der Waals surface area contributed by atoms with E-state index in [0.717, 1.165) is 38.2 Å². The van der Waals surface area contributed by atoms with E-state index < -0.39 is 0 Å². The monoisotopic (exact) mass is 332 g/mol. The number of rotatable bonds is 5. The predicted molar refractivity (Wildman–Crippen MR) is 84.7 cm³/mol. The zero-order valence-electron chi connectivity index (χ0n) is 13.6. The zero-order chi connectivity index (χ0) is 16.5. The first-order valence-electron chi connectivity index (χ1n) is 8.15. The Morgan fingerprint density at radius 2 is 2.33 bits per heavy atom. The molecule has 0 saturated carbocycles. The molecule has 1 amide bonds. The number of amides is 1. The summed E-state index contributed by atoms with van der Waals surface area (Å²) in [5.41, 5.74) is 0.885. The molecule has 0 N–H and O–H groups in total. The lowest BCUT2D eigenvalue weighted by atomic mass is 10.3. The number of anilines is 2. The van der Waals surface area contributed by atoms with Crippen molar-refractivity contribution in [1.82, 2.24) is 19.9 Å². The van der Waals surface area contributed by atoms with Crippen molar-refractivity contribution in [3.05, 3.63) is 18.2 Å². The van der Waals surface area contributed by atoms with Gasteiger partial charge in [-0.05, 0) is 12.8 Å². The minimum atomic E-state index is 0.180. The molecule has 1 unspecified atom stereocenters. The van der Waals surface area contributed by atoms with E-state index in [4.69, 9.17) is 9.26 Å². The standard InChI is InChI=1S/C15H20N6O3/c1-23-10-13-17-15(24-18-13)19-6-4-11(8-19)21-9-12(7-16-21)20-5-2-3-14(20)22/h7,9,11H,2-6,8,10H2,1H3. The van der Waals surface area contributed by atoms with Crippen molar-refractivity contribution in [2.75, 3.05) is 36.5 Å². The highest BCUT2D eigenvalue weighted by Gasteiger charge is 2.29. The molecular weight excluding hydrogens is 312 g/mol. The van der Waals surface area contributed by atoms with E-state index in [1.807, 2.05) is 15.8 Å². The summed E-state index contributed by atoms with van der Waals surface area (Å²) in [7, 11) is 1.60. The van der Waals surface area contributed by atoms with Crippen LogP contribution in [0.3, 0.4) is 0 Å². The summed E-state index contributed by atoms with van der Waals surface area (Å²) < 4.78 is 12.2. The highest BCUT2D eigenvalue weighted by molar-refractivity contribution is 5.95. The molecule has 2 aliphatic rings. The van der Waals surface area contributed by atoms with Crippen LogP contribution in [-0.2, 0) is 16.1 Å². The van der Waals surface area contributed by atoms with E-state index in [9.17, 15) is 4.79 Å². The zero-order valence-corrected chi connectivity index (χ0v) is 13.6. The highest BCUT2D eigenvalue weighted by Crippen LogP contribution is 2.28. The van der Waals surface area contributed by atoms with E-state index in [2.05, 4.69) is 20.1 Å². The maximum atomic E-state index is 11.8. The van der Waals surface area contributed by atoms with Gasteiger partial charge in [-0.2, -0.15) is 10.1 Å². The lowest BCUT2D eigenvalue weighted by Crippen LogP contribution is -2.23. The smallest absolute Gasteiger partial charge is 0.324 e. The molecule has 0 bridgehead atoms. The number of ether oxygens (including phenoxy) is 1. The summed E-state index contributed by atoms with van der Waals surface area (Å²) in [5.74, 6) is 0.726. The first kappa shape index (κ1) is 15.1. The Kier molecular flexibility index (Phi) is 3.93. The molecule has 4 heterocycles. The van der Waals surface area contributed by atoms with Gasteiger partial charge in [-0.1, -0.05) is 5.16 Å². The molecule has 2 aromatic heterocycles. The van der Waals surface area contributed by atoms with Gasteiger partial charge in [0.2, 0.25) is 5.91 Å². The second-order valence-corrected chi connectivity index (χ2v) is 6.14. The predicted octanol–water partition coefficient (Wildman–Crippen LogP) is 0.991. The molecule has 2 aliphatic heterocycles. The van der Waals surface area contributed by atoms with Crippen LogP contribution in [0.25, 0.3) is 0 Å². The summed E-state index contributed by atoms with van der Waals surface area (Å²) in [6.07, 6.45) is 6.22. The lowest BCUT2D eigenvalue weighted by molar-refractivity contribution is -0.117. The SMILES string of the molecule is COCc1noc(N2CCC(n3cc(N4CCCC4=O)cn3)C2)n1. The molecule has 9 heteroatoms. The second kappa shape index (κ2) is 6.23. The van der Waals surface area contributed by atoms with Gasteiger partial charge >= 0.3 is 6.01 Å². The van der Waals surface area contributed by atoms with Crippen molar-refractivity contribution in [3.8, 4) is 0 Å². The first-order valence-corrected chi connectivity index (χ1v) is 8.15. The number of aromatic nitrogens is 4. The third-order valence-electron chi connectivity index (χ3n) is 4.51. The first-order chi connectivity index (χ1) is 11.7. The Bertz CT molecular complexity index is 726. The summed E-state index contributed by atoms with van der Waals surface area (Å²) in [6.45, 7) is 2.71. The van der Waals surface area contributed by atoms with Gasteiger partial charge in [-0.15, -0.1) is 0 Å². The molecule has 0 spiro atoms. The summed E-state index contributed by atoms with van der Waals surface area (Å²) in [5, 5.41) is 8.34. The van der Waals surface area contributed by atoms with Crippen molar-refractivity contribution < 1.29 is 14.1 Å². The average molecular weight is 332 g/mol. The molecule has 0 radical (unpaired) electrons. The molecule has 2 fully saturated rings. The normalized spacial score (nSPS) is 21.2. The summed E-state index contributed by atoms with van der Waals surface area (Å²) in [6, 6.07) is 0.751. The number of hydrogen-bond donors (Lipinski definition) is 0. The second-order valence-electron chi connectivity index (χ2n) is 6.14. The van der Waals surface area contributed by atoms with E-state index in [1.54, 1.807) is 13.3 Å². The van der Waals surface area contributed by atoms with Crippen molar-refractivity contribution in [2.45, 2.75) is 31.9 Å². The Balaban J connectivity index is 1.43. The quantitative estimate of drug-likeness (QED) is 0.806. The van der Waals surface area contributed by atoms with Crippen LogP contribution >= 0.6 is 0 Å². The fraction of sp³-hybridized carbons (Fsp3) is 0.600. The van der Waals surface area contributed by atoms with Crippen LogP contribution in [0.2, 0.25) is 0 Å². The van der Waals surface area contributed by atoms with E-state index >= 15 is 0 Å². The van der Waals surface area contributed by atoms with Gasteiger partial charge in [0, 0.05) is 39.4 Å². The Morgan fingerprint density at radius 3 is 3.12 bits per heavy atom. The molecule has 0 aromatic carbocycles. The third kappa shape index (κ3) is 2.75. The number of carbonyl (C=O) groups excluding carboxylic acids is 1. The van der Waals surface area contributed by atoms with E-state index in [-0.39, 0.29) is 11.9 Å². The lowest BCUT2D eigenvalue weighted by Gasteiger charge is -2.14. The molecule has 1 atom stereocenters. The minimum absolute atomic E-state index is 0.180. The molecule has 4 rings (SSSR count). The van der Waals surface area contributed by atoms with Crippen molar-refractivity contribution in [1.29, 1.82) is 0 Å². The van der Waals surface area contributed by atoms with E-state index in [1.165, 1.54) is 0 Å². The molecular formula is C15H20N6O3. The van der Waals surface area contributed by atoms with Gasteiger partial charge in [-0.25, -0.2) is 0 Å². The van der Waals surface area contributed by atoms with Crippen LogP contribution in [0.1, 0.15) is 31.1 Å².